The van der Waals surface area contributed by atoms with Crippen LogP contribution in [0.15, 0.2) is 91.0 Å². The molecule has 0 atom stereocenters. The van der Waals surface area contributed by atoms with Gasteiger partial charge in [-0.25, -0.2) is 4.98 Å². The standard InChI is InChI=1S/C32H29ClN2O5.ClH/c1-35-29-19-27(40-25-5-3-2-4-6-25)14-15-28(29)34-31(35)17-18-38-26-13-9-23(10-16-32(36)37)30(20-26)39-21-22-7-11-24(33)12-8-22;/h2-9,11-15,19-20H,10,16-18,21H2,1H3,(H,36,37);1H. The molecule has 212 valence electrons. The molecule has 0 radical (unpaired) electrons. The number of para-hydroxylation sites is 1. The third kappa shape index (κ3) is 7.93. The van der Waals surface area contributed by atoms with E-state index in [1.54, 1.807) is 0 Å². The second-order valence-electron chi connectivity index (χ2n) is 9.33. The number of halogens is 2. The van der Waals surface area contributed by atoms with Crippen molar-refractivity contribution < 1.29 is 24.1 Å². The number of ether oxygens (including phenoxy) is 3. The van der Waals surface area contributed by atoms with Crippen LogP contribution in [0, 0.1) is 0 Å². The van der Waals surface area contributed by atoms with Gasteiger partial charge in [-0.3, -0.25) is 4.79 Å². The smallest absolute Gasteiger partial charge is 0.303 e. The van der Waals surface area contributed by atoms with Gasteiger partial charge in [0.2, 0.25) is 0 Å². The summed E-state index contributed by atoms with van der Waals surface area (Å²) in [7, 11) is 1.98. The Hall–Kier alpha value is -4.20. The Morgan fingerprint density at radius 2 is 1.63 bits per heavy atom. The number of aliphatic carboxylic acids is 1. The number of carboxylic acid groups (broad SMARTS) is 1. The molecule has 0 amide bonds. The molecule has 0 aliphatic heterocycles. The minimum absolute atomic E-state index is 0. The van der Waals surface area contributed by atoms with Gasteiger partial charge in [0.25, 0.3) is 0 Å². The van der Waals surface area contributed by atoms with Gasteiger partial charge < -0.3 is 23.9 Å². The molecule has 0 bridgehead atoms. The average molecular weight is 594 g/mol. The molecule has 0 fully saturated rings. The molecular formula is C32H30Cl2N2O5. The van der Waals surface area contributed by atoms with Gasteiger partial charge >= 0.3 is 5.97 Å². The van der Waals surface area contributed by atoms with Gasteiger partial charge in [-0.1, -0.05) is 48.0 Å². The molecule has 41 heavy (non-hydrogen) atoms. The van der Waals surface area contributed by atoms with Crippen molar-refractivity contribution in [3.63, 3.8) is 0 Å². The summed E-state index contributed by atoms with van der Waals surface area (Å²) in [5.41, 5.74) is 3.63. The van der Waals surface area contributed by atoms with Gasteiger partial charge in [-0.2, -0.15) is 0 Å². The maximum Gasteiger partial charge on any atom is 0.303 e. The first-order chi connectivity index (χ1) is 19.4. The molecule has 0 unspecified atom stereocenters. The van der Waals surface area contributed by atoms with E-state index in [1.165, 1.54) is 0 Å². The molecule has 7 nitrogen and oxygen atoms in total. The van der Waals surface area contributed by atoms with Crippen molar-refractivity contribution in [3.05, 3.63) is 113 Å². The molecule has 4 aromatic carbocycles. The fraction of sp³-hybridized carbons (Fsp3) is 0.188. The van der Waals surface area contributed by atoms with Crippen molar-refractivity contribution in [2.24, 2.45) is 7.05 Å². The lowest BCUT2D eigenvalue weighted by atomic mass is 10.1. The van der Waals surface area contributed by atoms with E-state index < -0.39 is 5.97 Å². The van der Waals surface area contributed by atoms with Crippen LogP contribution in [0.4, 0.5) is 0 Å². The number of aryl methyl sites for hydroxylation is 2. The Kier molecular flexibility index (Phi) is 10.1. The lowest BCUT2D eigenvalue weighted by molar-refractivity contribution is -0.136. The monoisotopic (exact) mass is 592 g/mol. The molecule has 0 aliphatic rings. The van der Waals surface area contributed by atoms with Crippen molar-refractivity contribution in [3.8, 4) is 23.0 Å². The average Bonchev–Trinajstić information content (AvgIpc) is 3.27. The maximum atomic E-state index is 11.1. The molecule has 1 N–H and O–H groups in total. The molecule has 0 saturated heterocycles. The molecule has 0 saturated carbocycles. The van der Waals surface area contributed by atoms with Crippen LogP contribution >= 0.6 is 24.0 Å². The van der Waals surface area contributed by atoms with E-state index in [2.05, 4.69) is 0 Å². The number of hydrogen-bond donors (Lipinski definition) is 1. The highest BCUT2D eigenvalue weighted by atomic mass is 35.5. The maximum absolute atomic E-state index is 11.1. The predicted octanol–water partition coefficient (Wildman–Crippen LogP) is 7.66. The summed E-state index contributed by atoms with van der Waals surface area (Å²) < 4.78 is 20.2. The van der Waals surface area contributed by atoms with Crippen molar-refractivity contribution in [1.29, 1.82) is 0 Å². The summed E-state index contributed by atoms with van der Waals surface area (Å²) in [6.45, 7) is 0.742. The van der Waals surface area contributed by atoms with Crippen LogP contribution in [0.3, 0.4) is 0 Å². The highest BCUT2D eigenvalue weighted by Crippen LogP contribution is 2.29. The molecular weight excluding hydrogens is 563 g/mol. The number of aromatic nitrogens is 2. The van der Waals surface area contributed by atoms with Crippen LogP contribution in [0.2, 0.25) is 5.02 Å². The summed E-state index contributed by atoms with van der Waals surface area (Å²) in [4.78, 5) is 15.9. The van der Waals surface area contributed by atoms with Gasteiger partial charge in [-0.15, -0.1) is 12.4 Å². The molecule has 1 aromatic heterocycles. The minimum atomic E-state index is -0.856. The SMILES string of the molecule is Cl.Cn1c(CCOc2ccc(CCC(=O)O)c(OCc3ccc(Cl)cc3)c2)nc2ccc(Oc3ccccc3)cc21. The Morgan fingerprint density at radius 3 is 2.39 bits per heavy atom. The summed E-state index contributed by atoms with van der Waals surface area (Å²) in [6.07, 6.45) is 0.978. The van der Waals surface area contributed by atoms with Crippen LogP contribution in [-0.4, -0.2) is 27.2 Å². The number of nitrogens with zero attached hydrogens (tertiary/aromatic N) is 2. The Morgan fingerprint density at radius 1 is 0.878 bits per heavy atom. The normalized spacial score (nSPS) is 10.7. The third-order valence-corrected chi connectivity index (χ3v) is 6.72. The quantitative estimate of drug-likeness (QED) is 0.160. The van der Waals surface area contributed by atoms with Crippen LogP contribution < -0.4 is 14.2 Å². The second kappa shape index (κ2) is 13.9. The van der Waals surface area contributed by atoms with Gasteiger partial charge in [0, 0.05) is 37.0 Å². The molecule has 0 aliphatic carbocycles. The highest BCUT2D eigenvalue weighted by Gasteiger charge is 2.12. The number of rotatable bonds is 12. The lowest BCUT2D eigenvalue weighted by Crippen LogP contribution is -2.07. The van der Waals surface area contributed by atoms with Crippen LogP contribution in [0.25, 0.3) is 11.0 Å². The van der Waals surface area contributed by atoms with E-state index in [0.717, 1.165) is 39.5 Å². The van der Waals surface area contributed by atoms with Crippen molar-refractivity contribution in [2.45, 2.75) is 25.9 Å². The van der Waals surface area contributed by atoms with E-state index in [0.29, 0.717) is 42.6 Å². The predicted molar refractivity (Wildman–Crippen MR) is 162 cm³/mol. The Bertz CT molecular complexity index is 1600. The molecule has 5 aromatic rings. The van der Waals surface area contributed by atoms with E-state index in [4.69, 9.17) is 35.9 Å². The first-order valence-electron chi connectivity index (χ1n) is 13.0. The number of carbonyl (C=O) groups is 1. The molecule has 5 rings (SSSR count). The number of imidazole rings is 1. The number of fused-ring (bicyclic) bond motifs is 1. The lowest BCUT2D eigenvalue weighted by Gasteiger charge is -2.14. The van der Waals surface area contributed by atoms with Gasteiger partial charge in [0.05, 0.1) is 17.6 Å². The van der Waals surface area contributed by atoms with Crippen LogP contribution in [0.5, 0.6) is 23.0 Å². The zero-order valence-electron chi connectivity index (χ0n) is 22.5. The van der Waals surface area contributed by atoms with Gasteiger partial charge in [-0.05, 0) is 60.0 Å². The Balaban J connectivity index is 0.00000387. The third-order valence-electron chi connectivity index (χ3n) is 6.47. The van der Waals surface area contributed by atoms with Gasteiger partial charge in [0.15, 0.2) is 0 Å². The largest absolute Gasteiger partial charge is 0.493 e. The zero-order chi connectivity index (χ0) is 27.9. The molecule has 0 spiro atoms. The van der Waals surface area contributed by atoms with E-state index in [-0.39, 0.29) is 18.8 Å². The topological polar surface area (TPSA) is 82.8 Å². The summed E-state index contributed by atoms with van der Waals surface area (Å²) in [6, 6.07) is 28.5. The molecule has 9 heteroatoms. The molecule has 1 heterocycles. The Labute approximate surface area is 249 Å². The van der Waals surface area contributed by atoms with E-state index in [1.807, 2.05) is 103 Å². The fourth-order valence-corrected chi connectivity index (χ4v) is 4.47. The number of benzene rings is 4. The highest BCUT2D eigenvalue weighted by molar-refractivity contribution is 6.30. The van der Waals surface area contributed by atoms with Crippen molar-refractivity contribution in [2.75, 3.05) is 6.61 Å². The second-order valence-corrected chi connectivity index (χ2v) is 9.77. The first kappa shape index (κ1) is 29.8. The van der Waals surface area contributed by atoms with E-state index >= 15 is 0 Å². The van der Waals surface area contributed by atoms with Crippen molar-refractivity contribution >= 4 is 41.0 Å². The first-order valence-corrected chi connectivity index (χ1v) is 13.4. The van der Waals surface area contributed by atoms with Crippen LogP contribution in [-0.2, 0) is 31.3 Å². The summed E-state index contributed by atoms with van der Waals surface area (Å²) in [5.74, 6) is 2.81. The minimum Gasteiger partial charge on any atom is -0.493 e. The van der Waals surface area contributed by atoms with E-state index in [9.17, 15) is 4.79 Å². The number of hydrogen-bond acceptors (Lipinski definition) is 5. The fourth-order valence-electron chi connectivity index (χ4n) is 4.34. The summed E-state index contributed by atoms with van der Waals surface area (Å²) >= 11 is 5.98. The van der Waals surface area contributed by atoms with Gasteiger partial charge in [0.1, 0.15) is 35.4 Å². The van der Waals surface area contributed by atoms with Crippen molar-refractivity contribution in [1.82, 2.24) is 9.55 Å². The van der Waals surface area contributed by atoms with Crippen LogP contribution in [0.1, 0.15) is 23.4 Å². The summed E-state index contributed by atoms with van der Waals surface area (Å²) in [5, 5.41) is 9.80. The number of carboxylic acids is 1. The zero-order valence-corrected chi connectivity index (χ0v) is 24.0.